The monoisotopic (exact) mass is 285 g/mol. The van der Waals surface area contributed by atoms with Crippen LogP contribution in [0.5, 0.6) is 0 Å². The van der Waals surface area contributed by atoms with E-state index >= 15 is 0 Å². The van der Waals surface area contributed by atoms with Gasteiger partial charge < -0.3 is 15.2 Å². The molecule has 0 aliphatic rings. The topological polar surface area (TPSA) is 63.1 Å². The van der Waals surface area contributed by atoms with E-state index in [1.807, 2.05) is 31.3 Å². The Kier molecular flexibility index (Phi) is 4.90. The van der Waals surface area contributed by atoms with Crippen molar-refractivity contribution >= 4 is 11.6 Å². The largest absolute Gasteiger partial charge is 0.321 e. The van der Waals surface area contributed by atoms with Gasteiger partial charge in [-0.3, -0.25) is 9.59 Å². The maximum Gasteiger partial charge on any atom is 0.255 e. The SMILES string of the molecule is CNCCc1ccccc1C(=O)Nc1ccc(=O)n(C)c1. The van der Waals surface area contributed by atoms with Crippen molar-refractivity contribution in [1.82, 2.24) is 9.88 Å². The van der Waals surface area contributed by atoms with Crippen LogP contribution in [-0.2, 0) is 13.5 Å². The highest BCUT2D eigenvalue weighted by molar-refractivity contribution is 6.05. The lowest BCUT2D eigenvalue weighted by molar-refractivity contribution is 0.102. The Balaban J connectivity index is 2.20. The fraction of sp³-hybridized carbons (Fsp3) is 0.250. The number of rotatable bonds is 5. The Morgan fingerprint density at radius 2 is 1.95 bits per heavy atom. The second kappa shape index (κ2) is 6.85. The standard InChI is InChI=1S/C16H19N3O2/c1-17-10-9-12-5-3-4-6-14(12)16(21)18-13-7-8-15(20)19(2)11-13/h3-8,11,17H,9-10H2,1-2H3,(H,18,21). The predicted molar refractivity (Wildman–Crippen MR) is 83.7 cm³/mol. The molecule has 5 nitrogen and oxygen atoms in total. The molecule has 21 heavy (non-hydrogen) atoms. The molecule has 1 heterocycles. The molecule has 0 aliphatic heterocycles. The third kappa shape index (κ3) is 3.79. The first-order valence-electron chi connectivity index (χ1n) is 6.82. The Hall–Kier alpha value is -2.40. The van der Waals surface area contributed by atoms with Crippen LogP contribution in [0.4, 0.5) is 5.69 Å². The van der Waals surface area contributed by atoms with Crippen molar-refractivity contribution in [2.24, 2.45) is 7.05 Å². The van der Waals surface area contributed by atoms with Gasteiger partial charge in [0.2, 0.25) is 5.56 Å². The number of anilines is 1. The van der Waals surface area contributed by atoms with E-state index < -0.39 is 0 Å². The molecule has 2 rings (SSSR count). The van der Waals surface area contributed by atoms with E-state index in [1.165, 1.54) is 10.6 Å². The van der Waals surface area contributed by atoms with Crippen LogP contribution in [0.15, 0.2) is 47.4 Å². The van der Waals surface area contributed by atoms with E-state index in [0.29, 0.717) is 11.3 Å². The maximum absolute atomic E-state index is 12.4. The number of likely N-dealkylation sites (N-methyl/N-ethyl adjacent to an activating group) is 1. The third-order valence-electron chi connectivity index (χ3n) is 3.25. The quantitative estimate of drug-likeness (QED) is 0.873. The average molecular weight is 285 g/mol. The van der Waals surface area contributed by atoms with Crippen molar-refractivity contribution in [3.05, 3.63) is 64.1 Å². The molecule has 0 spiro atoms. The molecule has 1 aromatic carbocycles. The number of benzene rings is 1. The van der Waals surface area contributed by atoms with Gasteiger partial charge in [0.05, 0.1) is 5.69 Å². The average Bonchev–Trinajstić information content (AvgIpc) is 2.49. The van der Waals surface area contributed by atoms with Gasteiger partial charge in [0.15, 0.2) is 0 Å². The van der Waals surface area contributed by atoms with E-state index in [9.17, 15) is 9.59 Å². The molecule has 0 aliphatic carbocycles. The summed E-state index contributed by atoms with van der Waals surface area (Å²) in [6.45, 7) is 0.810. The lowest BCUT2D eigenvalue weighted by Gasteiger charge is -2.10. The molecule has 2 aromatic rings. The molecule has 0 radical (unpaired) electrons. The number of carbonyl (C=O) groups excluding carboxylic acids is 1. The van der Waals surface area contributed by atoms with E-state index in [2.05, 4.69) is 10.6 Å². The summed E-state index contributed by atoms with van der Waals surface area (Å²) in [5.41, 5.74) is 2.14. The molecule has 0 saturated carbocycles. The molecule has 5 heteroatoms. The van der Waals surface area contributed by atoms with Crippen molar-refractivity contribution in [3.63, 3.8) is 0 Å². The zero-order chi connectivity index (χ0) is 15.2. The van der Waals surface area contributed by atoms with Gasteiger partial charge in [-0.1, -0.05) is 18.2 Å². The summed E-state index contributed by atoms with van der Waals surface area (Å²) < 4.78 is 1.43. The molecule has 0 saturated heterocycles. The number of carbonyl (C=O) groups is 1. The Morgan fingerprint density at radius 3 is 2.67 bits per heavy atom. The molecule has 1 amide bonds. The molecule has 0 bridgehead atoms. The van der Waals surface area contributed by atoms with Gasteiger partial charge in [0, 0.05) is 24.9 Å². The van der Waals surface area contributed by atoms with Gasteiger partial charge in [0.1, 0.15) is 0 Å². The van der Waals surface area contributed by atoms with Crippen LogP contribution in [0, 0.1) is 0 Å². The van der Waals surface area contributed by atoms with E-state index in [0.717, 1.165) is 18.5 Å². The minimum absolute atomic E-state index is 0.109. The number of nitrogens with zero attached hydrogens (tertiary/aromatic N) is 1. The number of hydrogen-bond acceptors (Lipinski definition) is 3. The normalized spacial score (nSPS) is 10.4. The van der Waals surface area contributed by atoms with Crippen LogP contribution >= 0.6 is 0 Å². The van der Waals surface area contributed by atoms with Gasteiger partial charge in [-0.05, 0) is 37.7 Å². The first kappa shape index (κ1) is 15.0. The van der Waals surface area contributed by atoms with E-state index in [1.54, 1.807) is 19.3 Å². The summed E-state index contributed by atoms with van der Waals surface area (Å²) in [5.74, 6) is -0.166. The number of aromatic nitrogens is 1. The van der Waals surface area contributed by atoms with Crippen LogP contribution in [0.2, 0.25) is 0 Å². The van der Waals surface area contributed by atoms with Gasteiger partial charge in [0.25, 0.3) is 5.91 Å². The minimum atomic E-state index is -0.166. The van der Waals surface area contributed by atoms with Crippen molar-refractivity contribution in [1.29, 1.82) is 0 Å². The number of aryl methyl sites for hydroxylation is 1. The van der Waals surface area contributed by atoms with Crippen LogP contribution in [-0.4, -0.2) is 24.1 Å². The second-order valence-corrected chi connectivity index (χ2v) is 4.83. The Labute approximate surface area is 123 Å². The number of hydrogen-bond donors (Lipinski definition) is 2. The molecule has 1 aromatic heterocycles. The molecule has 0 unspecified atom stereocenters. The summed E-state index contributed by atoms with van der Waals surface area (Å²) >= 11 is 0. The van der Waals surface area contributed by atoms with Crippen LogP contribution in [0.1, 0.15) is 15.9 Å². The number of pyridine rings is 1. The molecule has 110 valence electrons. The number of amides is 1. The van der Waals surface area contributed by atoms with Gasteiger partial charge in [-0.15, -0.1) is 0 Å². The van der Waals surface area contributed by atoms with Crippen molar-refractivity contribution in [2.75, 3.05) is 18.9 Å². The molecule has 0 atom stereocenters. The summed E-state index contributed by atoms with van der Waals surface area (Å²) in [7, 11) is 3.53. The lowest BCUT2D eigenvalue weighted by atomic mass is 10.0. The lowest BCUT2D eigenvalue weighted by Crippen LogP contribution is -2.19. The fourth-order valence-corrected chi connectivity index (χ4v) is 2.09. The molecule has 0 fully saturated rings. The number of nitrogens with one attached hydrogen (secondary N) is 2. The maximum atomic E-state index is 12.4. The summed E-state index contributed by atoms with van der Waals surface area (Å²) in [5, 5.41) is 5.90. The van der Waals surface area contributed by atoms with Crippen LogP contribution in [0.3, 0.4) is 0 Å². The Bertz CT molecular complexity index is 692. The smallest absolute Gasteiger partial charge is 0.255 e. The van der Waals surface area contributed by atoms with Crippen molar-refractivity contribution < 1.29 is 4.79 Å². The first-order valence-corrected chi connectivity index (χ1v) is 6.82. The predicted octanol–water partition coefficient (Wildman–Crippen LogP) is 1.40. The summed E-state index contributed by atoms with van der Waals surface area (Å²) in [6.07, 6.45) is 2.39. The van der Waals surface area contributed by atoms with Crippen molar-refractivity contribution in [2.45, 2.75) is 6.42 Å². The van der Waals surface area contributed by atoms with E-state index in [-0.39, 0.29) is 11.5 Å². The molecule has 2 N–H and O–H groups in total. The molecular formula is C16H19N3O2. The van der Waals surface area contributed by atoms with Gasteiger partial charge in [-0.25, -0.2) is 0 Å². The highest BCUT2D eigenvalue weighted by Gasteiger charge is 2.11. The van der Waals surface area contributed by atoms with Crippen LogP contribution in [0.25, 0.3) is 0 Å². The first-order chi connectivity index (χ1) is 10.1. The summed E-state index contributed by atoms with van der Waals surface area (Å²) in [6, 6.07) is 10.6. The summed E-state index contributed by atoms with van der Waals surface area (Å²) in [4.78, 5) is 23.7. The van der Waals surface area contributed by atoms with E-state index in [4.69, 9.17) is 0 Å². The van der Waals surface area contributed by atoms with Gasteiger partial charge in [-0.2, -0.15) is 0 Å². The highest BCUT2D eigenvalue weighted by Crippen LogP contribution is 2.12. The zero-order valence-corrected chi connectivity index (χ0v) is 12.2. The third-order valence-corrected chi connectivity index (χ3v) is 3.25. The van der Waals surface area contributed by atoms with Crippen molar-refractivity contribution in [3.8, 4) is 0 Å². The van der Waals surface area contributed by atoms with Gasteiger partial charge >= 0.3 is 0 Å². The second-order valence-electron chi connectivity index (χ2n) is 4.83. The fourth-order valence-electron chi connectivity index (χ4n) is 2.09. The minimum Gasteiger partial charge on any atom is -0.321 e. The Morgan fingerprint density at radius 1 is 1.19 bits per heavy atom. The zero-order valence-electron chi connectivity index (χ0n) is 12.2. The molecular weight excluding hydrogens is 266 g/mol. The van der Waals surface area contributed by atoms with Crippen LogP contribution < -0.4 is 16.2 Å². The highest BCUT2D eigenvalue weighted by atomic mass is 16.1.